The Morgan fingerprint density at radius 3 is 1.67 bits per heavy atom. The highest BCUT2D eigenvalue weighted by Gasteiger charge is 2.41. The van der Waals surface area contributed by atoms with E-state index in [1.54, 1.807) is 6.26 Å². The number of carbonyl (C=O) groups excluding carboxylic acids is 1. The number of aromatic nitrogens is 2. The Labute approximate surface area is 182 Å². The number of carbonyl (C=O) groups is 2. The highest BCUT2D eigenvalue weighted by Crippen LogP contribution is 2.39. The van der Waals surface area contributed by atoms with Crippen molar-refractivity contribution in [3.05, 3.63) is 22.5 Å². The summed E-state index contributed by atoms with van der Waals surface area (Å²) in [6, 6.07) is 0. The molecule has 0 fully saturated rings. The molecule has 0 aliphatic heterocycles. The summed E-state index contributed by atoms with van der Waals surface area (Å²) in [7, 11) is 0. The van der Waals surface area contributed by atoms with Crippen molar-refractivity contribution in [3.8, 4) is 0 Å². The van der Waals surface area contributed by atoms with Crippen molar-refractivity contribution in [1.29, 1.82) is 0 Å². The van der Waals surface area contributed by atoms with Crippen LogP contribution >= 0.6 is 46.6 Å². The smallest absolute Gasteiger partial charge is 0.435 e. The third-order valence-corrected chi connectivity index (χ3v) is 6.81. The van der Waals surface area contributed by atoms with Gasteiger partial charge in [-0.2, -0.15) is 35.1 Å². The molecule has 0 spiro atoms. The van der Waals surface area contributed by atoms with Crippen LogP contribution in [0.3, 0.4) is 0 Å². The molecule has 2 heterocycles. The highest BCUT2D eigenvalue weighted by atomic mass is 32.2. The number of carboxylic acids is 1. The molecule has 16 heteroatoms. The van der Waals surface area contributed by atoms with Gasteiger partial charge in [0, 0.05) is 0 Å². The quantitative estimate of drug-likeness (QED) is 0.311. The molecule has 6 nitrogen and oxygen atoms in total. The molecule has 30 heavy (non-hydrogen) atoms. The van der Waals surface area contributed by atoms with Crippen LogP contribution in [0.25, 0.3) is 0 Å². The monoisotopic (exact) mass is 514 g/mol. The van der Waals surface area contributed by atoms with E-state index < -0.39 is 46.8 Å². The Morgan fingerprint density at radius 2 is 1.33 bits per heavy atom. The van der Waals surface area contributed by atoms with Crippen molar-refractivity contribution in [3.63, 3.8) is 0 Å². The van der Waals surface area contributed by atoms with Crippen LogP contribution in [-0.4, -0.2) is 44.9 Å². The van der Waals surface area contributed by atoms with Crippen LogP contribution < -0.4 is 0 Å². The molecule has 0 amide bonds. The maximum Gasteiger partial charge on any atom is 0.435 e. The van der Waals surface area contributed by atoms with Gasteiger partial charge in [0.1, 0.15) is 11.1 Å². The summed E-state index contributed by atoms with van der Waals surface area (Å²) in [5, 5.41) is 8.58. The van der Waals surface area contributed by atoms with Gasteiger partial charge < -0.3 is 9.84 Å². The van der Waals surface area contributed by atoms with Gasteiger partial charge in [0.05, 0.1) is 15.0 Å². The van der Waals surface area contributed by atoms with E-state index in [9.17, 15) is 35.9 Å². The second-order valence-corrected chi connectivity index (χ2v) is 8.51. The molecule has 0 aromatic carbocycles. The predicted molar refractivity (Wildman–Crippen MR) is 101 cm³/mol. The number of carboxylic acid groups (broad SMARTS) is 1. The van der Waals surface area contributed by atoms with Crippen LogP contribution in [0.15, 0.2) is 8.42 Å². The lowest BCUT2D eigenvalue weighted by Crippen LogP contribution is -2.14. The van der Waals surface area contributed by atoms with E-state index in [-0.39, 0.29) is 15.0 Å². The number of halogens is 6. The zero-order valence-corrected chi connectivity index (χ0v) is 18.4. The van der Waals surface area contributed by atoms with E-state index in [1.165, 1.54) is 13.2 Å². The Bertz CT molecular complexity index is 894. The summed E-state index contributed by atoms with van der Waals surface area (Å²) in [6.45, 7) is 1.56. The maximum atomic E-state index is 12.5. The van der Waals surface area contributed by atoms with E-state index in [0.717, 1.165) is 23.5 Å². The third kappa shape index (κ3) is 6.49. The maximum absolute atomic E-state index is 12.5. The number of hydrogen-bond donors (Lipinski definition) is 1. The average molecular weight is 515 g/mol. The van der Waals surface area contributed by atoms with Crippen molar-refractivity contribution in [2.24, 2.45) is 0 Å². The summed E-state index contributed by atoms with van der Waals surface area (Å²) < 4.78 is 85.5. The second-order valence-electron chi connectivity index (χ2n) is 4.82. The van der Waals surface area contributed by atoms with Crippen LogP contribution in [0.2, 0.25) is 0 Å². The highest BCUT2D eigenvalue weighted by molar-refractivity contribution is 8.00. The van der Waals surface area contributed by atoms with Gasteiger partial charge in [-0.15, -0.1) is 23.5 Å². The van der Waals surface area contributed by atoms with Crippen molar-refractivity contribution < 1.29 is 45.8 Å². The minimum atomic E-state index is -4.71. The molecule has 0 bridgehead atoms. The van der Waals surface area contributed by atoms with Gasteiger partial charge in [0.15, 0.2) is 11.4 Å². The van der Waals surface area contributed by atoms with Gasteiger partial charge in [0.2, 0.25) is 0 Å². The zero-order chi connectivity index (χ0) is 23.3. The molecule has 0 aliphatic rings. The van der Waals surface area contributed by atoms with Crippen molar-refractivity contribution in [1.82, 2.24) is 8.75 Å². The Hall–Kier alpha value is -1.52. The molecule has 0 aliphatic carbocycles. The predicted octanol–water partition coefficient (Wildman–Crippen LogP) is 5.64. The number of hydrogen-bond acceptors (Lipinski definition) is 9. The SMILES string of the molecule is CCOC(=O)c1c(C(F)(F)F)nsc1SC.CSc1snc(C(F)(F)F)c1C(=O)O. The molecule has 0 atom stereocenters. The van der Waals surface area contributed by atoms with Gasteiger partial charge in [0.25, 0.3) is 0 Å². The minimum Gasteiger partial charge on any atom is -0.478 e. The first-order valence-electron chi connectivity index (χ1n) is 7.41. The lowest BCUT2D eigenvalue weighted by molar-refractivity contribution is -0.141. The van der Waals surface area contributed by atoms with E-state index >= 15 is 0 Å². The van der Waals surface area contributed by atoms with Crippen molar-refractivity contribution in [2.75, 3.05) is 19.1 Å². The van der Waals surface area contributed by atoms with Gasteiger partial charge >= 0.3 is 24.3 Å². The van der Waals surface area contributed by atoms with Gasteiger partial charge in [-0.1, -0.05) is 0 Å². The molecule has 1 N–H and O–H groups in total. The van der Waals surface area contributed by atoms with Crippen LogP contribution in [0.4, 0.5) is 26.3 Å². The molecule has 0 saturated carbocycles. The zero-order valence-electron chi connectivity index (χ0n) is 15.2. The lowest BCUT2D eigenvalue weighted by atomic mass is 10.2. The summed E-state index contributed by atoms with van der Waals surface area (Å²) in [5.74, 6) is -2.58. The molecular formula is C14H12F6N2O4S4. The molecule has 2 aromatic heterocycles. The number of esters is 1. The first-order chi connectivity index (χ1) is 13.8. The number of ether oxygens (including phenoxy) is 1. The normalized spacial score (nSPS) is 11.6. The molecule has 0 unspecified atom stereocenters. The minimum absolute atomic E-state index is 0.0276. The molecule has 2 aromatic rings. The number of rotatable bonds is 5. The Balaban J connectivity index is 0.000000303. The van der Waals surface area contributed by atoms with Crippen LogP contribution in [0.1, 0.15) is 39.0 Å². The van der Waals surface area contributed by atoms with E-state index in [2.05, 4.69) is 13.5 Å². The number of aromatic carboxylic acids is 1. The number of nitrogens with zero attached hydrogens (tertiary/aromatic N) is 2. The molecule has 168 valence electrons. The molecule has 0 radical (unpaired) electrons. The van der Waals surface area contributed by atoms with E-state index in [0.29, 0.717) is 23.1 Å². The van der Waals surface area contributed by atoms with Gasteiger partial charge in [-0.05, 0) is 42.5 Å². The second kappa shape index (κ2) is 10.7. The largest absolute Gasteiger partial charge is 0.478 e. The molecule has 0 saturated heterocycles. The van der Waals surface area contributed by atoms with Crippen LogP contribution in [0.5, 0.6) is 0 Å². The fraction of sp³-hybridized carbons (Fsp3) is 0.429. The first kappa shape index (κ1) is 26.5. The fourth-order valence-electron chi connectivity index (χ4n) is 1.79. The number of thioether (sulfide) groups is 2. The Morgan fingerprint density at radius 1 is 0.933 bits per heavy atom. The standard InChI is InChI=1S/C8H8F3NO2S2.C6H4F3NO2S2/c1-3-14-6(13)4-5(8(9,10)11)12-16-7(4)15-2;1-13-5-2(4(11)12)3(10-14-5)6(7,8)9/h3H2,1-2H3;1H3,(H,11,12). The van der Waals surface area contributed by atoms with E-state index in [1.807, 2.05) is 0 Å². The van der Waals surface area contributed by atoms with Crippen molar-refractivity contribution in [2.45, 2.75) is 27.7 Å². The summed E-state index contributed by atoms with van der Waals surface area (Å²) in [6.07, 6.45) is -6.26. The first-order valence-corrected chi connectivity index (χ1v) is 11.4. The average Bonchev–Trinajstić information content (AvgIpc) is 3.25. The number of alkyl halides is 6. The summed E-state index contributed by atoms with van der Waals surface area (Å²) in [5.41, 5.74) is -3.72. The lowest BCUT2D eigenvalue weighted by Gasteiger charge is -2.06. The topological polar surface area (TPSA) is 89.4 Å². The summed E-state index contributed by atoms with van der Waals surface area (Å²) in [4.78, 5) is 21.9. The fourth-order valence-corrected chi connectivity index (χ4v) is 4.66. The molecular weight excluding hydrogens is 502 g/mol. The summed E-state index contributed by atoms with van der Waals surface area (Å²) >= 11 is 3.17. The van der Waals surface area contributed by atoms with Gasteiger partial charge in [-0.25, -0.2) is 9.59 Å². The van der Waals surface area contributed by atoms with Gasteiger partial charge in [-0.3, -0.25) is 0 Å². The molecule has 2 rings (SSSR count). The third-order valence-electron chi connectivity index (χ3n) is 2.92. The Kier molecular flexibility index (Phi) is 9.44. The van der Waals surface area contributed by atoms with Crippen molar-refractivity contribution >= 4 is 58.5 Å². The van der Waals surface area contributed by atoms with E-state index in [4.69, 9.17) is 5.11 Å². The van der Waals surface area contributed by atoms with Crippen LogP contribution in [0, 0.1) is 0 Å². The van der Waals surface area contributed by atoms with Crippen LogP contribution in [-0.2, 0) is 17.1 Å².